The van der Waals surface area contributed by atoms with Crippen molar-refractivity contribution in [2.75, 3.05) is 19.7 Å². The Bertz CT molecular complexity index is 1130. The third kappa shape index (κ3) is 4.79. The van der Waals surface area contributed by atoms with Crippen LogP contribution in [0.4, 0.5) is 0 Å². The van der Waals surface area contributed by atoms with Gasteiger partial charge in [-0.2, -0.15) is 0 Å². The van der Waals surface area contributed by atoms with Crippen LogP contribution in [-0.2, 0) is 9.16 Å². The second-order valence-corrected chi connectivity index (χ2v) is 13.7. The molecule has 2 heterocycles. The van der Waals surface area contributed by atoms with Gasteiger partial charge in [0.05, 0.1) is 12.7 Å². The second-order valence-electron chi connectivity index (χ2n) is 9.36. The minimum Gasteiger partial charge on any atom is -0.405 e. The number of H-pyrrole nitrogens is 1. The largest absolute Gasteiger partial charge is 0.405 e. The highest BCUT2D eigenvalue weighted by atomic mass is 28.4. The third-order valence-electron chi connectivity index (χ3n) is 6.10. The Balaban J connectivity index is 1.63. The summed E-state index contributed by atoms with van der Waals surface area (Å²) >= 11 is 0. The van der Waals surface area contributed by atoms with Crippen LogP contribution in [0.2, 0.25) is 5.04 Å². The van der Waals surface area contributed by atoms with Crippen LogP contribution in [0.5, 0.6) is 0 Å². The van der Waals surface area contributed by atoms with Crippen LogP contribution in [0, 0.1) is 0 Å². The summed E-state index contributed by atoms with van der Waals surface area (Å²) < 4.78 is 14.6. The normalized spacial score (nSPS) is 19.4. The fourth-order valence-electron chi connectivity index (χ4n) is 4.58. The van der Waals surface area contributed by atoms with Crippen LogP contribution in [0.25, 0.3) is 0 Å². The summed E-state index contributed by atoms with van der Waals surface area (Å²) in [5, 5.41) is 5.62. The number of nitrogens with one attached hydrogen (secondary N) is 2. The molecule has 0 aliphatic carbocycles. The lowest BCUT2D eigenvalue weighted by Crippen LogP contribution is -2.67. The Kier molecular flexibility index (Phi) is 6.80. The van der Waals surface area contributed by atoms with Crippen LogP contribution < -0.4 is 26.9 Å². The molecule has 1 fully saturated rings. The van der Waals surface area contributed by atoms with Crippen molar-refractivity contribution < 1.29 is 9.16 Å². The standard InChI is InChI=1S/C25H31N3O4Si/c1-25(2,3)33(20-10-6-4-7-11-20,21-12-8-5-9-13-21)31-18-19-16-26-17-23(32-19)28-15-14-22(29)27-24(28)30/h4-15,19,23,26H,16-18H2,1-3H3,(H,27,29,30)/t19-,23+/m0/s1. The van der Waals surface area contributed by atoms with E-state index in [-0.39, 0.29) is 11.1 Å². The molecule has 33 heavy (non-hydrogen) atoms. The number of nitrogens with zero attached hydrogens (tertiary/aromatic N) is 1. The molecule has 0 unspecified atom stereocenters. The van der Waals surface area contributed by atoms with Gasteiger partial charge in [0.1, 0.15) is 0 Å². The molecular weight excluding hydrogens is 434 g/mol. The van der Waals surface area contributed by atoms with Crippen molar-refractivity contribution in [3.63, 3.8) is 0 Å². The molecule has 174 valence electrons. The maximum atomic E-state index is 12.2. The summed E-state index contributed by atoms with van der Waals surface area (Å²) in [5.74, 6) is 0. The number of morpholine rings is 1. The summed E-state index contributed by atoms with van der Waals surface area (Å²) in [4.78, 5) is 26.0. The smallest absolute Gasteiger partial charge is 0.330 e. The summed E-state index contributed by atoms with van der Waals surface area (Å²) in [6.07, 6.45) is 0.707. The maximum absolute atomic E-state index is 12.2. The van der Waals surface area contributed by atoms with Gasteiger partial charge < -0.3 is 14.5 Å². The van der Waals surface area contributed by atoms with E-state index in [0.717, 1.165) is 0 Å². The number of aromatic amines is 1. The summed E-state index contributed by atoms with van der Waals surface area (Å²) in [6, 6.07) is 22.3. The van der Waals surface area contributed by atoms with Crippen LogP contribution in [0.1, 0.15) is 27.0 Å². The lowest BCUT2D eigenvalue weighted by Gasteiger charge is -2.44. The highest BCUT2D eigenvalue weighted by Crippen LogP contribution is 2.37. The average molecular weight is 466 g/mol. The van der Waals surface area contributed by atoms with E-state index in [1.165, 1.54) is 27.2 Å². The van der Waals surface area contributed by atoms with Crippen molar-refractivity contribution in [1.82, 2.24) is 14.9 Å². The van der Waals surface area contributed by atoms with Crippen LogP contribution in [0.3, 0.4) is 0 Å². The molecule has 1 aliphatic rings. The summed E-state index contributed by atoms with van der Waals surface area (Å²) in [5.41, 5.74) is -0.908. The number of rotatable bonds is 6. The van der Waals surface area contributed by atoms with E-state index in [9.17, 15) is 9.59 Å². The molecule has 2 aromatic carbocycles. The Morgan fingerprint density at radius 1 is 0.970 bits per heavy atom. The quantitative estimate of drug-likeness (QED) is 0.540. The first-order valence-electron chi connectivity index (χ1n) is 11.2. The predicted molar refractivity (Wildman–Crippen MR) is 132 cm³/mol. The van der Waals surface area contributed by atoms with Crippen LogP contribution in [0.15, 0.2) is 82.5 Å². The Hall–Kier alpha value is -2.78. The van der Waals surface area contributed by atoms with E-state index >= 15 is 0 Å². The first-order chi connectivity index (χ1) is 15.8. The SMILES string of the molecule is CC(C)(C)[Si](OC[C@@H]1CNC[C@H](n2ccc(=O)[nH]c2=O)O1)(c1ccccc1)c1ccccc1. The molecule has 2 atom stereocenters. The highest BCUT2D eigenvalue weighted by molar-refractivity contribution is 6.99. The van der Waals surface area contributed by atoms with Crippen molar-refractivity contribution >= 4 is 18.7 Å². The Labute approximate surface area is 194 Å². The molecule has 3 aromatic rings. The van der Waals surface area contributed by atoms with Crippen molar-refractivity contribution in [3.8, 4) is 0 Å². The van der Waals surface area contributed by atoms with E-state index in [0.29, 0.717) is 19.7 Å². The summed E-state index contributed by atoms with van der Waals surface area (Å²) in [7, 11) is -2.68. The topological polar surface area (TPSA) is 85.4 Å². The van der Waals surface area contributed by atoms with Crippen molar-refractivity contribution in [1.29, 1.82) is 0 Å². The molecule has 0 spiro atoms. The third-order valence-corrected chi connectivity index (χ3v) is 11.1. The Morgan fingerprint density at radius 2 is 1.58 bits per heavy atom. The molecule has 1 aliphatic heterocycles. The van der Waals surface area contributed by atoms with Gasteiger partial charge in [-0.25, -0.2) is 4.79 Å². The monoisotopic (exact) mass is 465 g/mol. The molecule has 7 nitrogen and oxygen atoms in total. The van der Waals surface area contributed by atoms with Gasteiger partial charge in [-0.1, -0.05) is 81.4 Å². The molecule has 1 aromatic heterocycles. The molecule has 4 rings (SSSR count). The van der Waals surface area contributed by atoms with Crippen molar-refractivity contribution in [2.45, 2.75) is 38.1 Å². The van der Waals surface area contributed by atoms with Crippen molar-refractivity contribution in [3.05, 3.63) is 93.8 Å². The number of aromatic nitrogens is 2. The van der Waals surface area contributed by atoms with E-state index in [1.54, 1.807) is 0 Å². The average Bonchev–Trinajstić information content (AvgIpc) is 2.80. The lowest BCUT2D eigenvalue weighted by molar-refractivity contribution is -0.0943. The molecule has 0 amide bonds. The van der Waals surface area contributed by atoms with Crippen LogP contribution in [-0.4, -0.2) is 43.7 Å². The van der Waals surface area contributed by atoms with E-state index in [1.807, 2.05) is 12.1 Å². The van der Waals surface area contributed by atoms with Gasteiger partial charge >= 0.3 is 5.69 Å². The molecule has 1 saturated heterocycles. The molecule has 0 saturated carbocycles. The van der Waals surface area contributed by atoms with E-state index < -0.39 is 25.8 Å². The fourth-order valence-corrected chi connectivity index (χ4v) is 9.17. The zero-order chi connectivity index (χ0) is 23.5. The second kappa shape index (κ2) is 9.60. The number of benzene rings is 2. The first kappa shape index (κ1) is 23.4. The zero-order valence-corrected chi connectivity index (χ0v) is 20.3. The number of hydrogen-bond donors (Lipinski definition) is 2. The maximum Gasteiger partial charge on any atom is 0.330 e. The minimum absolute atomic E-state index is 0.132. The molecule has 8 heteroatoms. The molecule has 0 radical (unpaired) electrons. The van der Waals surface area contributed by atoms with Gasteiger partial charge in [-0.15, -0.1) is 0 Å². The summed E-state index contributed by atoms with van der Waals surface area (Å²) in [6.45, 7) is 8.19. The van der Waals surface area contributed by atoms with Crippen LogP contribution >= 0.6 is 0 Å². The van der Waals surface area contributed by atoms with Gasteiger partial charge in [0.25, 0.3) is 13.9 Å². The zero-order valence-electron chi connectivity index (χ0n) is 19.3. The molecule has 2 N–H and O–H groups in total. The lowest BCUT2D eigenvalue weighted by atomic mass is 10.2. The number of hydrogen-bond acceptors (Lipinski definition) is 5. The van der Waals surface area contributed by atoms with Gasteiger partial charge in [-0.3, -0.25) is 14.3 Å². The van der Waals surface area contributed by atoms with Crippen molar-refractivity contribution in [2.24, 2.45) is 0 Å². The van der Waals surface area contributed by atoms with Gasteiger partial charge in [0, 0.05) is 25.4 Å². The first-order valence-corrected chi connectivity index (χ1v) is 13.1. The molecular formula is C25H31N3O4Si. The van der Waals surface area contributed by atoms with Gasteiger partial charge in [0.2, 0.25) is 0 Å². The van der Waals surface area contributed by atoms with Gasteiger partial charge in [0.15, 0.2) is 6.23 Å². The predicted octanol–water partition coefficient (Wildman–Crippen LogP) is 1.60. The fraction of sp³-hybridized carbons (Fsp3) is 0.360. The van der Waals surface area contributed by atoms with Gasteiger partial charge in [-0.05, 0) is 15.4 Å². The Morgan fingerprint density at radius 3 is 2.12 bits per heavy atom. The van der Waals surface area contributed by atoms with E-state index in [4.69, 9.17) is 9.16 Å². The van der Waals surface area contributed by atoms with E-state index in [2.05, 4.69) is 79.6 Å². The minimum atomic E-state index is -2.68. The number of ether oxygens (including phenoxy) is 1. The molecule has 0 bridgehead atoms. The highest BCUT2D eigenvalue weighted by Gasteiger charge is 2.50.